The molecule has 1 heterocycles. The molecule has 140 valence electrons. The van der Waals surface area contributed by atoms with Gasteiger partial charge in [0.1, 0.15) is 24.7 Å². The molecule has 0 radical (unpaired) electrons. The van der Waals surface area contributed by atoms with Crippen molar-refractivity contribution in [3.8, 4) is 22.6 Å². The van der Waals surface area contributed by atoms with Gasteiger partial charge in [-0.2, -0.15) is 0 Å². The van der Waals surface area contributed by atoms with Gasteiger partial charge in [0.05, 0.1) is 12.2 Å². The first-order valence-corrected chi connectivity index (χ1v) is 9.31. The van der Waals surface area contributed by atoms with Crippen LogP contribution >= 0.6 is 0 Å². The number of rotatable bonds is 2. The summed E-state index contributed by atoms with van der Waals surface area (Å²) in [6.45, 7) is 1.05. The monoisotopic (exact) mass is 373 g/mol. The lowest BCUT2D eigenvalue weighted by Gasteiger charge is -2.29. The second kappa shape index (κ2) is 6.60. The summed E-state index contributed by atoms with van der Waals surface area (Å²) in [6.07, 6.45) is -0.405. The molecule has 1 aliphatic heterocycles. The van der Waals surface area contributed by atoms with E-state index in [2.05, 4.69) is 24.3 Å². The van der Waals surface area contributed by atoms with Gasteiger partial charge in [0.25, 0.3) is 0 Å². The SMILES string of the molecule is O=C(OCC1c2ccccc2-c2ccccc21)N1CCOc2cc(O)ccc21. The van der Waals surface area contributed by atoms with E-state index in [1.807, 2.05) is 24.3 Å². The average Bonchev–Trinajstić information content (AvgIpc) is 3.05. The Morgan fingerprint density at radius 1 is 1.04 bits per heavy atom. The van der Waals surface area contributed by atoms with E-state index in [0.717, 1.165) is 0 Å². The Hall–Kier alpha value is -3.47. The lowest BCUT2D eigenvalue weighted by Crippen LogP contribution is -2.38. The first-order chi connectivity index (χ1) is 13.7. The van der Waals surface area contributed by atoms with Gasteiger partial charge in [0, 0.05) is 12.0 Å². The zero-order valence-electron chi connectivity index (χ0n) is 15.2. The highest BCUT2D eigenvalue weighted by Gasteiger charge is 2.31. The Kier molecular flexibility index (Phi) is 3.93. The van der Waals surface area contributed by atoms with Crippen molar-refractivity contribution >= 4 is 11.8 Å². The van der Waals surface area contributed by atoms with Crippen molar-refractivity contribution < 1.29 is 19.4 Å². The lowest BCUT2D eigenvalue weighted by molar-refractivity contribution is 0.147. The number of fused-ring (bicyclic) bond motifs is 4. The van der Waals surface area contributed by atoms with Crippen LogP contribution in [0, 0.1) is 0 Å². The van der Waals surface area contributed by atoms with Gasteiger partial charge < -0.3 is 14.6 Å². The maximum atomic E-state index is 12.8. The number of amides is 1. The van der Waals surface area contributed by atoms with E-state index in [1.165, 1.54) is 34.4 Å². The van der Waals surface area contributed by atoms with E-state index >= 15 is 0 Å². The van der Waals surface area contributed by atoms with Gasteiger partial charge >= 0.3 is 6.09 Å². The number of carbonyl (C=O) groups is 1. The molecule has 5 rings (SSSR count). The fraction of sp³-hybridized carbons (Fsp3) is 0.174. The van der Waals surface area contributed by atoms with Crippen LogP contribution in [0.15, 0.2) is 66.7 Å². The van der Waals surface area contributed by atoms with Crippen molar-refractivity contribution in [1.82, 2.24) is 0 Å². The molecular weight excluding hydrogens is 354 g/mol. The van der Waals surface area contributed by atoms with E-state index in [9.17, 15) is 9.90 Å². The largest absolute Gasteiger partial charge is 0.508 e. The van der Waals surface area contributed by atoms with Crippen molar-refractivity contribution in [1.29, 1.82) is 0 Å². The summed E-state index contributed by atoms with van der Waals surface area (Å²) >= 11 is 0. The quantitative estimate of drug-likeness (QED) is 0.716. The van der Waals surface area contributed by atoms with Crippen LogP contribution in [-0.2, 0) is 4.74 Å². The maximum absolute atomic E-state index is 12.8. The molecule has 0 atom stereocenters. The van der Waals surface area contributed by atoms with E-state index in [1.54, 1.807) is 11.0 Å². The third kappa shape index (κ3) is 2.67. The molecule has 2 aliphatic rings. The van der Waals surface area contributed by atoms with Crippen molar-refractivity contribution in [3.05, 3.63) is 77.9 Å². The number of nitrogens with zero attached hydrogens (tertiary/aromatic N) is 1. The topological polar surface area (TPSA) is 59.0 Å². The summed E-state index contributed by atoms with van der Waals surface area (Å²) in [5, 5.41) is 9.63. The minimum atomic E-state index is -0.405. The third-order valence-corrected chi connectivity index (χ3v) is 5.36. The van der Waals surface area contributed by atoms with Gasteiger partial charge in [0.15, 0.2) is 0 Å². The number of carbonyl (C=O) groups excluding carboxylic acids is 1. The molecule has 0 bridgehead atoms. The molecule has 1 N–H and O–H groups in total. The van der Waals surface area contributed by atoms with Gasteiger partial charge in [-0.3, -0.25) is 4.90 Å². The molecule has 0 saturated carbocycles. The van der Waals surface area contributed by atoms with Gasteiger partial charge in [-0.1, -0.05) is 48.5 Å². The van der Waals surface area contributed by atoms with Crippen LogP contribution in [0.3, 0.4) is 0 Å². The molecule has 0 saturated heterocycles. The van der Waals surface area contributed by atoms with Crippen molar-refractivity contribution in [3.63, 3.8) is 0 Å². The molecule has 1 amide bonds. The fourth-order valence-electron chi connectivity index (χ4n) is 4.07. The highest BCUT2D eigenvalue weighted by molar-refractivity contribution is 5.90. The molecule has 0 fully saturated rings. The number of hydrogen-bond acceptors (Lipinski definition) is 4. The first kappa shape index (κ1) is 16.7. The Balaban J connectivity index is 1.38. The Bertz CT molecular complexity index is 1020. The highest BCUT2D eigenvalue weighted by Crippen LogP contribution is 2.44. The number of anilines is 1. The van der Waals surface area contributed by atoms with Crippen LogP contribution in [0.25, 0.3) is 11.1 Å². The van der Waals surface area contributed by atoms with Crippen LogP contribution in [0.4, 0.5) is 10.5 Å². The molecule has 0 aromatic heterocycles. The van der Waals surface area contributed by atoms with Gasteiger partial charge in [-0.05, 0) is 34.4 Å². The predicted molar refractivity (Wildman–Crippen MR) is 106 cm³/mol. The molecular formula is C23H19NO4. The molecule has 5 heteroatoms. The Morgan fingerprint density at radius 2 is 1.71 bits per heavy atom. The van der Waals surface area contributed by atoms with E-state index in [0.29, 0.717) is 24.6 Å². The summed E-state index contributed by atoms with van der Waals surface area (Å²) < 4.78 is 11.3. The van der Waals surface area contributed by atoms with Crippen LogP contribution in [-0.4, -0.2) is 31.0 Å². The third-order valence-electron chi connectivity index (χ3n) is 5.36. The van der Waals surface area contributed by atoms with Gasteiger partial charge in [0.2, 0.25) is 0 Å². The van der Waals surface area contributed by atoms with Crippen molar-refractivity contribution in [2.45, 2.75) is 5.92 Å². The minimum Gasteiger partial charge on any atom is -0.508 e. The Morgan fingerprint density at radius 3 is 2.43 bits per heavy atom. The standard InChI is InChI=1S/C23H19NO4/c25-15-9-10-21-22(13-15)27-12-11-24(21)23(26)28-14-20-18-7-3-1-5-16(18)17-6-2-4-8-19(17)20/h1-10,13,20,25H,11-12,14H2. The second-order valence-corrected chi connectivity index (χ2v) is 6.96. The molecule has 0 unspecified atom stereocenters. The highest BCUT2D eigenvalue weighted by atomic mass is 16.6. The van der Waals surface area contributed by atoms with Crippen molar-refractivity contribution in [2.75, 3.05) is 24.7 Å². The summed E-state index contributed by atoms with van der Waals surface area (Å²) in [5.74, 6) is 0.615. The summed E-state index contributed by atoms with van der Waals surface area (Å²) in [4.78, 5) is 14.4. The molecule has 28 heavy (non-hydrogen) atoms. The van der Waals surface area contributed by atoms with E-state index in [4.69, 9.17) is 9.47 Å². The Labute approximate surface area is 162 Å². The summed E-state index contributed by atoms with van der Waals surface area (Å²) in [7, 11) is 0. The van der Waals surface area contributed by atoms with Crippen LogP contribution < -0.4 is 9.64 Å². The zero-order chi connectivity index (χ0) is 19.1. The first-order valence-electron chi connectivity index (χ1n) is 9.31. The maximum Gasteiger partial charge on any atom is 0.414 e. The number of aromatic hydroxyl groups is 1. The van der Waals surface area contributed by atoms with E-state index in [-0.39, 0.29) is 18.3 Å². The number of ether oxygens (including phenoxy) is 2. The van der Waals surface area contributed by atoms with Crippen LogP contribution in [0.2, 0.25) is 0 Å². The predicted octanol–water partition coefficient (Wildman–Crippen LogP) is 4.54. The summed E-state index contributed by atoms with van der Waals surface area (Å²) in [5.41, 5.74) is 5.38. The average molecular weight is 373 g/mol. The minimum absolute atomic E-state index is 0.0247. The smallest absolute Gasteiger partial charge is 0.414 e. The van der Waals surface area contributed by atoms with Gasteiger partial charge in [-0.15, -0.1) is 0 Å². The lowest BCUT2D eigenvalue weighted by atomic mass is 9.98. The number of phenolic OH excluding ortho intramolecular Hbond substituents is 1. The van der Waals surface area contributed by atoms with Gasteiger partial charge in [-0.25, -0.2) is 4.79 Å². The fourth-order valence-corrected chi connectivity index (χ4v) is 4.07. The second-order valence-electron chi connectivity index (χ2n) is 6.96. The molecule has 3 aromatic carbocycles. The van der Waals surface area contributed by atoms with Crippen molar-refractivity contribution in [2.24, 2.45) is 0 Å². The molecule has 0 spiro atoms. The molecule has 5 nitrogen and oxygen atoms in total. The van der Waals surface area contributed by atoms with Crippen LogP contribution in [0.5, 0.6) is 11.5 Å². The normalized spacial score (nSPS) is 14.6. The molecule has 3 aromatic rings. The number of hydrogen-bond donors (Lipinski definition) is 1. The number of benzene rings is 3. The zero-order valence-corrected chi connectivity index (χ0v) is 15.2. The van der Waals surface area contributed by atoms with E-state index < -0.39 is 6.09 Å². The molecule has 1 aliphatic carbocycles. The van der Waals surface area contributed by atoms with Crippen LogP contribution in [0.1, 0.15) is 17.0 Å². The number of phenols is 1. The summed E-state index contributed by atoms with van der Waals surface area (Å²) in [6, 6.07) is 21.2.